The molecule has 126 valence electrons. The van der Waals surface area contributed by atoms with E-state index < -0.39 is 0 Å². The van der Waals surface area contributed by atoms with Gasteiger partial charge in [0.1, 0.15) is 0 Å². The maximum Gasteiger partial charge on any atom is 0.267 e. The Kier molecular flexibility index (Phi) is 4.85. The standard InChI is InChI=1S/C17H14ClN5O2/c1-11(24)21-17-19-8-13(9-20-17)15-6-7-16(25)23(22-15)10-12-2-4-14(18)5-3-12/h2-9H,10H2,1H3,(H,19,20,21,24). The lowest BCUT2D eigenvalue weighted by Crippen LogP contribution is -2.22. The van der Waals surface area contributed by atoms with Crippen molar-refractivity contribution in [2.45, 2.75) is 13.5 Å². The van der Waals surface area contributed by atoms with Gasteiger partial charge in [-0.1, -0.05) is 23.7 Å². The molecule has 0 unspecified atom stereocenters. The predicted octanol–water partition coefficient (Wildman–Crippen LogP) is 2.36. The molecule has 3 rings (SSSR count). The van der Waals surface area contributed by atoms with E-state index in [2.05, 4.69) is 20.4 Å². The van der Waals surface area contributed by atoms with E-state index in [0.29, 0.717) is 22.8 Å². The van der Waals surface area contributed by atoms with Crippen LogP contribution in [0, 0.1) is 0 Å². The van der Waals surface area contributed by atoms with Gasteiger partial charge in [0.05, 0.1) is 12.2 Å². The van der Waals surface area contributed by atoms with Crippen molar-refractivity contribution in [2.24, 2.45) is 0 Å². The average molecular weight is 356 g/mol. The first-order valence-corrected chi connectivity index (χ1v) is 7.82. The van der Waals surface area contributed by atoms with Crippen LogP contribution in [0.4, 0.5) is 5.95 Å². The minimum Gasteiger partial charge on any atom is -0.295 e. The molecular weight excluding hydrogens is 342 g/mol. The summed E-state index contributed by atoms with van der Waals surface area (Å²) in [6.45, 7) is 1.71. The van der Waals surface area contributed by atoms with Gasteiger partial charge in [-0.15, -0.1) is 0 Å². The summed E-state index contributed by atoms with van der Waals surface area (Å²) in [6, 6.07) is 10.3. The van der Waals surface area contributed by atoms with Crippen LogP contribution in [0.3, 0.4) is 0 Å². The van der Waals surface area contributed by atoms with Crippen molar-refractivity contribution in [3.05, 3.63) is 69.7 Å². The van der Waals surface area contributed by atoms with E-state index in [0.717, 1.165) is 5.56 Å². The van der Waals surface area contributed by atoms with Crippen molar-refractivity contribution >= 4 is 23.5 Å². The summed E-state index contributed by atoms with van der Waals surface area (Å²) in [5, 5.41) is 7.48. The quantitative estimate of drug-likeness (QED) is 0.776. The summed E-state index contributed by atoms with van der Waals surface area (Å²) in [6.07, 6.45) is 3.08. The molecule has 0 aliphatic heterocycles. The van der Waals surface area contributed by atoms with Crippen molar-refractivity contribution in [3.8, 4) is 11.3 Å². The Labute approximate surface area is 148 Å². The highest BCUT2D eigenvalue weighted by molar-refractivity contribution is 6.30. The predicted molar refractivity (Wildman–Crippen MR) is 94.4 cm³/mol. The van der Waals surface area contributed by atoms with Crippen molar-refractivity contribution in [1.82, 2.24) is 19.7 Å². The van der Waals surface area contributed by atoms with Gasteiger partial charge in [-0.05, 0) is 23.8 Å². The number of aromatic nitrogens is 4. The highest BCUT2D eigenvalue weighted by Crippen LogP contribution is 2.15. The zero-order valence-electron chi connectivity index (χ0n) is 13.3. The smallest absolute Gasteiger partial charge is 0.267 e. The number of amides is 1. The van der Waals surface area contributed by atoms with Gasteiger partial charge < -0.3 is 0 Å². The third kappa shape index (κ3) is 4.27. The molecule has 0 aliphatic rings. The Balaban J connectivity index is 1.87. The van der Waals surface area contributed by atoms with Crippen molar-refractivity contribution in [3.63, 3.8) is 0 Å². The fraction of sp³-hybridized carbons (Fsp3) is 0.118. The second-order valence-corrected chi connectivity index (χ2v) is 5.75. The zero-order valence-corrected chi connectivity index (χ0v) is 14.1. The first-order valence-electron chi connectivity index (χ1n) is 7.44. The lowest BCUT2D eigenvalue weighted by Gasteiger charge is -2.08. The number of nitrogens with zero attached hydrogens (tertiary/aromatic N) is 4. The molecule has 0 atom stereocenters. The Bertz CT molecular complexity index is 952. The van der Waals surface area contributed by atoms with E-state index in [4.69, 9.17) is 11.6 Å². The Morgan fingerprint density at radius 1 is 1.12 bits per heavy atom. The molecule has 0 bridgehead atoms. The van der Waals surface area contributed by atoms with Crippen LogP contribution >= 0.6 is 11.6 Å². The minimum atomic E-state index is -0.248. The molecule has 2 heterocycles. The van der Waals surface area contributed by atoms with E-state index in [1.165, 1.54) is 30.1 Å². The zero-order chi connectivity index (χ0) is 17.8. The molecule has 0 saturated heterocycles. The molecule has 0 fully saturated rings. The van der Waals surface area contributed by atoms with Crippen LogP contribution in [0.15, 0.2) is 53.6 Å². The number of nitrogens with one attached hydrogen (secondary N) is 1. The molecule has 0 radical (unpaired) electrons. The van der Waals surface area contributed by atoms with Crippen LogP contribution in [0.1, 0.15) is 12.5 Å². The van der Waals surface area contributed by atoms with Gasteiger partial charge in [0, 0.05) is 36.0 Å². The number of hydrogen-bond donors (Lipinski definition) is 1. The van der Waals surface area contributed by atoms with Gasteiger partial charge in [0.2, 0.25) is 11.9 Å². The molecule has 25 heavy (non-hydrogen) atoms. The van der Waals surface area contributed by atoms with Gasteiger partial charge in [-0.25, -0.2) is 14.6 Å². The lowest BCUT2D eigenvalue weighted by molar-refractivity contribution is -0.114. The van der Waals surface area contributed by atoms with Crippen LogP contribution in [-0.4, -0.2) is 25.7 Å². The molecule has 1 N–H and O–H groups in total. The van der Waals surface area contributed by atoms with Gasteiger partial charge in [-0.3, -0.25) is 14.9 Å². The summed E-state index contributed by atoms with van der Waals surface area (Å²) < 4.78 is 1.36. The summed E-state index contributed by atoms with van der Waals surface area (Å²) in [7, 11) is 0. The third-order valence-corrected chi connectivity index (χ3v) is 3.60. The highest BCUT2D eigenvalue weighted by Gasteiger charge is 2.06. The Hall–Kier alpha value is -3.06. The first-order chi connectivity index (χ1) is 12.0. The summed E-state index contributed by atoms with van der Waals surface area (Å²) >= 11 is 5.87. The van der Waals surface area contributed by atoms with Gasteiger partial charge in [-0.2, -0.15) is 5.10 Å². The normalized spacial score (nSPS) is 10.5. The first kappa shape index (κ1) is 16.8. The van der Waals surface area contributed by atoms with Gasteiger partial charge in [0.25, 0.3) is 5.56 Å². The number of hydrogen-bond acceptors (Lipinski definition) is 5. The monoisotopic (exact) mass is 355 g/mol. The number of carbonyl (C=O) groups is 1. The Morgan fingerprint density at radius 3 is 2.44 bits per heavy atom. The summed E-state index contributed by atoms with van der Waals surface area (Å²) in [5.74, 6) is -0.0341. The molecule has 0 spiro atoms. The van der Waals surface area contributed by atoms with Crippen molar-refractivity contribution in [1.29, 1.82) is 0 Å². The van der Waals surface area contributed by atoms with E-state index in [1.807, 2.05) is 12.1 Å². The third-order valence-electron chi connectivity index (χ3n) is 3.35. The number of carbonyl (C=O) groups excluding carboxylic acids is 1. The molecule has 0 aliphatic carbocycles. The summed E-state index contributed by atoms with van der Waals surface area (Å²) in [4.78, 5) is 31.2. The summed E-state index contributed by atoms with van der Waals surface area (Å²) in [5.41, 5.74) is 1.89. The van der Waals surface area contributed by atoms with E-state index >= 15 is 0 Å². The molecule has 1 amide bonds. The fourth-order valence-corrected chi connectivity index (χ4v) is 2.29. The van der Waals surface area contributed by atoms with Crippen LogP contribution in [0.25, 0.3) is 11.3 Å². The molecule has 2 aromatic heterocycles. The number of rotatable bonds is 4. The average Bonchev–Trinajstić information content (AvgIpc) is 2.59. The Morgan fingerprint density at radius 2 is 1.80 bits per heavy atom. The molecule has 8 heteroatoms. The van der Waals surface area contributed by atoms with Crippen LogP contribution < -0.4 is 10.9 Å². The number of anilines is 1. The molecule has 1 aromatic carbocycles. The molecule has 0 saturated carbocycles. The van der Waals surface area contributed by atoms with Crippen molar-refractivity contribution in [2.75, 3.05) is 5.32 Å². The van der Waals surface area contributed by atoms with Gasteiger partial charge in [0.15, 0.2) is 0 Å². The minimum absolute atomic E-state index is 0.213. The maximum absolute atomic E-state index is 12.0. The second kappa shape index (κ2) is 7.23. The van der Waals surface area contributed by atoms with E-state index in [-0.39, 0.29) is 17.4 Å². The maximum atomic E-state index is 12.0. The number of benzene rings is 1. The van der Waals surface area contributed by atoms with Crippen LogP contribution in [-0.2, 0) is 11.3 Å². The van der Waals surface area contributed by atoms with Crippen LogP contribution in [0.5, 0.6) is 0 Å². The fourth-order valence-electron chi connectivity index (χ4n) is 2.16. The van der Waals surface area contributed by atoms with Gasteiger partial charge >= 0.3 is 0 Å². The molecule has 7 nitrogen and oxygen atoms in total. The van der Waals surface area contributed by atoms with E-state index in [9.17, 15) is 9.59 Å². The topological polar surface area (TPSA) is 89.8 Å². The van der Waals surface area contributed by atoms with Crippen LogP contribution in [0.2, 0.25) is 5.02 Å². The highest BCUT2D eigenvalue weighted by atomic mass is 35.5. The van der Waals surface area contributed by atoms with E-state index in [1.54, 1.807) is 18.2 Å². The molecule has 3 aromatic rings. The number of halogens is 1. The SMILES string of the molecule is CC(=O)Nc1ncc(-c2ccc(=O)n(Cc3ccc(Cl)cc3)n2)cn1. The largest absolute Gasteiger partial charge is 0.295 e. The second-order valence-electron chi connectivity index (χ2n) is 5.32. The van der Waals surface area contributed by atoms with Crippen molar-refractivity contribution < 1.29 is 4.79 Å². The lowest BCUT2D eigenvalue weighted by atomic mass is 10.2. The molecular formula is C17H14ClN5O2.